The molecule has 0 aromatic heterocycles. The van der Waals surface area contributed by atoms with Gasteiger partial charge in [-0.1, -0.05) is 74.7 Å². The molecule has 6 rings (SSSR count). The number of fused-ring (bicyclic) bond motifs is 5. The third kappa shape index (κ3) is 5.78. The van der Waals surface area contributed by atoms with E-state index in [1.165, 1.54) is 11.1 Å². The minimum absolute atomic E-state index is 0.00000715. The topological polar surface area (TPSA) is 80.2 Å². The molecule has 244 valence electrons. The standard InChI is InChI=1S/C39H54N2O4/c1-6-39(43)19-16-33-31-13-12-29-24-30(14-17-36(29,4)32(31)15-18-37(33,39)5)41-45-26-35(42)40-22-20-38(28-10-8-7-9-11-28)21-23-44-34(25-38)27(2)3/h1,7-11,24,27,31-34,43H,12-23,25-26H2,2-5H3,(H,40,42)/t31-,32+,33-,34-,36-,37-,38+,39+/m1/s1. The van der Waals surface area contributed by atoms with Crippen LogP contribution in [-0.4, -0.2) is 48.2 Å². The lowest BCUT2D eigenvalue weighted by Gasteiger charge is -2.58. The number of ether oxygens (including phenoxy) is 1. The molecule has 45 heavy (non-hydrogen) atoms. The number of benzene rings is 1. The van der Waals surface area contributed by atoms with Crippen molar-refractivity contribution in [3.05, 3.63) is 47.5 Å². The molecule has 1 amide bonds. The van der Waals surface area contributed by atoms with Crippen molar-refractivity contribution in [3.63, 3.8) is 0 Å². The van der Waals surface area contributed by atoms with Crippen LogP contribution in [0.4, 0.5) is 0 Å². The number of nitrogens with one attached hydrogen (secondary N) is 1. The number of oxime groups is 1. The summed E-state index contributed by atoms with van der Waals surface area (Å²) in [7, 11) is 0. The van der Waals surface area contributed by atoms with Crippen LogP contribution in [0.1, 0.15) is 104 Å². The maximum Gasteiger partial charge on any atom is 0.260 e. The fraction of sp³-hybridized carbons (Fsp3) is 0.692. The van der Waals surface area contributed by atoms with Gasteiger partial charge in [0.15, 0.2) is 6.61 Å². The van der Waals surface area contributed by atoms with Crippen molar-refractivity contribution in [1.29, 1.82) is 0 Å². The summed E-state index contributed by atoms with van der Waals surface area (Å²) in [6, 6.07) is 10.7. The first-order chi connectivity index (χ1) is 21.5. The molecule has 1 aromatic rings. The number of carbonyl (C=O) groups excluding carboxylic acids is 1. The zero-order valence-corrected chi connectivity index (χ0v) is 27.9. The highest BCUT2D eigenvalue weighted by Crippen LogP contribution is 2.67. The van der Waals surface area contributed by atoms with Crippen LogP contribution >= 0.6 is 0 Å². The molecule has 0 radical (unpaired) electrons. The normalized spacial score (nSPS) is 40.1. The summed E-state index contributed by atoms with van der Waals surface area (Å²) >= 11 is 0. The van der Waals surface area contributed by atoms with Gasteiger partial charge in [-0.25, -0.2) is 0 Å². The molecule has 1 heterocycles. The van der Waals surface area contributed by atoms with Gasteiger partial charge in [-0.3, -0.25) is 4.79 Å². The average molecular weight is 615 g/mol. The molecule has 3 saturated carbocycles. The number of nitrogens with zero attached hydrogens (tertiary/aromatic N) is 1. The van der Waals surface area contributed by atoms with Crippen LogP contribution in [0.5, 0.6) is 0 Å². The minimum atomic E-state index is -0.958. The Kier molecular flexibility index (Phi) is 9.00. The molecular weight excluding hydrogens is 560 g/mol. The van der Waals surface area contributed by atoms with Crippen molar-refractivity contribution in [2.24, 2.45) is 39.7 Å². The van der Waals surface area contributed by atoms with E-state index in [-0.39, 0.29) is 34.9 Å². The van der Waals surface area contributed by atoms with E-state index in [0.29, 0.717) is 30.2 Å². The number of hydrogen-bond acceptors (Lipinski definition) is 5. The summed E-state index contributed by atoms with van der Waals surface area (Å²) in [6.45, 7) is 10.4. The van der Waals surface area contributed by atoms with Gasteiger partial charge in [0.05, 0.1) is 11.8 Å². The molecule has 0 unspecified atom stereocenters. The second-order valence-corrected chi connectivity index (χ2v) is 15.7. The van der Waals surface area contributed by atoms with Crippen molar-refractivity contribution >= 4 is 11.6 Å². The molecule has 1 aromatic carbocycles. The number of carbonyl (C=O) groups is 1. The van der Waals surface area contributed by atoms with Gasteiger partial charge in [0.1, 0.15) is 5.60 Å². The van der Waals surface area contributed by atoms with Gasteiger partial charge in [-0.15, -0.1) is 6.42 Å². The van der Waals surface area contributed by atoms with Gasteiger partial charge in [0, 0.05) is 24.0 Å². The molecule has 0 spiro atoms. The lowest BCUT2D eigenvalue weighted by molar-refractivity contribution is -0.125. The van der Waals surface area contributed by atoms with E-state index < -0.39 is 5.60 Å². The van der Waals surface area contributed by atoms with E-state index in [2.05, 4.69) is 80.5 Å². The van der Waals surface area contributed by atoms with Crippen LogP contribution in [-0.2, 0) is 19.8 Å². The molecule has 5 aliphatic rings. The molecule has 4 fully saturated rings. The predicted molar refractivity (Wildman–Crippen MR) is 178 cm³/mol. The Morgan fingerprint density at radius 1 is 1.11 bits per heavy atom. The summed E-state index contributed by atoms with van der Waals surface area (Å²) in [4.78, 5) is 18.4. The number of hydrogen-bond donors (Lipinski definition) is 2. The van der Waals surface area contributed by atoms with Gasteiger partial charge >= 0.3 is 0 Å². The van der Waals surface area contributed by atoms with Crippen molar-refractivity contribution in [3.8, 4) is 12.3 Å². The van der Waals surface area contributed by atoms with Crippen LogP contribution in [0.3, 0.4) is 0 Å². The number of aliphatic hydroxyl groups is 1. The van der Waals surface area contributed by atoms with Crippen LogP contribution in [0.25, 0.3) is 0 Å². The largest absolute Gasteiger partial charge is 0.385 e. The zero-order valence-electron chi connectivity index (χ0n) is 27.9. The van der Waals surface area contributed by atoms with Crippen LogP contribution in [0.2, 0.25) is 0 Å². The third-order valence-corrected chi connectivity index (χ3v) is 13.3. The average Bonchev–Trinajstić information content (AvgIpc) is 3.32. The van der Waals surface area contributed by atoms with Crippen LogP contribution < -0.4 is 5.32 Å². The summed E-state index contributed by atoms with van der Waals surface area (Å²) in [5.41, 5.74) is 2.80. The molecule has 6 heteroatoms. The smallest absolute Gasteiger partial charge is 0.260 e. The van der Waals surface area contributed by atoms with Gasteiger partial charge in [-0.05, 0) is 111 Å². The minimum Gasteiger partial charge on any atom is -0.385 e. The molecule has 4 aliphatic carbocycles. The number of amides is 1. The first-order valence-corrected chi connectivity index (χ1v) is 17.6. The number of terminal acetylenes is 1. The van der Waals surface area contributed by atoms with E-state index >= 15 is 0 Å². The maximum absolute atomic E-state index is 12.8. The Bertz CT molecular complexity index is 1350. The first-order valence-electron chi connectivity index (χ1n) is 17.6. The Balaban J connectivity index is 1.03. The van der Waals surface area contributed by atoms with Gasteiger partial charge in [0.25, 0.3) is 5.91 Å². The third-order valence-electron chi connectivity index (χ3n) is 13.3. The molecule has 2 N–H and O–H groups in total. The highest BCUT2D eigenvalue weighted by atomic mass is 16.6. The quantitative estimate of drug-likeness (QED) is 0.245. The molecule has 0 bridgehead atoms. The van der Waals surface area contributed by atoms with E-state index in [4.69, 9.17) is 16.0 Å². The summed E-state index contributed by atoms with van der Waals surface area (Å²) in [5.74, 6) is 4.86. The van der Waals surface area contributed by atoms with Crippen molar-refractivity contribution in [2.45, 2.75) is 115 Å². The van der Waals surface area contributed by atoms with Crippen LogP contribution in [0.15, 0.2) is 47.1 Å². The Morgan fingerprint density at radius 2 is 1.89 bits per heavy atom. The van der Waals surface area contributed by atoms with E-state index in [1.54, 1.807) is 0 Å². The maximum atomic E-state index is 12.8. The highest BCUT2D eigenvalue weighted by molar-refractivity contribution is 5.96. The van der Waals surface area contributed by atoms with Crippen molar-refractivity contribution in [1.82, 2.24) is 5.32 Å². The van der Waals surface area contributed by atoms with E-state index in [9.17, 15) is 9.90 Å². The Morgan fingerprint density at radius 3 is 2.64 bits per heavy atom. The van der Waals surface area contributed by atoms with Gasteiger partial charge in [0.2, 0.25) is 0 Å². The Hall–Kier alpha value is -2.62. The second-order valence-electron chi connectivity index (χ2n) is 15.7. The van der Waals surface area contributed by atoms with Gasteiger partial charge < -0.3 is 20.0 Å². The summed E-state index contributed by atoms with van der Waals surface area (Å²) in [6.07, 6.45) is 19.2. The van der Waals surface area contributed by atoms with Crippen molar-refractivity contribution in [2.75, 3.05) is 19.8 Å². The van der Waals surface area contributed by atoms with Crippen molar-refractivity contribution < 1.29 is 19.5 Å². The molecule has 1 saturated heterocycles. The molecule has 6 nitrogen and oxygen atoms in total. The molecule has 1 aliphatic heterocycles. The number of rotatable bonds is 8. The lowest BCUT2D eigenvalue weighted by Crippen LogP contribution is -2.54. The van der Waals surface area contributed by atoms with E-state index in [0.717, 1.165) is 82.9 Å². The van der Waals surface area contributed by atoms with Gasteiger partial charge in [-0.2, -0.15) is 0 Å². The fourth-order valence-electron chi connectivity index (χ4n) is 10.4. The van der Waals surface area contributed by atoms with E-state index in [1.807, 2.05) is 0 Å². The summed E-state index contributed by atoms with van der Waals surface area (Å²) in [5, 5.41) is 18.8. The number of allylic oxidation sites excluding steroid dienone is 2. The second kappa shape index (κ2) is 12.5. The molecular formula is C39H54N2O4. The summed E-state index contributed by atoms with van der Waals surface area (Å²) < 4.78 is 6.11. The lowest BCUT2D eigenvalue weighted by atomic mass is 9.46. The monoisotopic (exact) mass is 614 g/mol. The highest BCUT2D eigenvalue weighted by Gasteiger charge is 2.63. The molecule has 8 atom stereocenters. The SMILES string of the molecule is C#C[C@]1(O)CC[C@@H]2[C@@H]3CCC4=CC(=NOCC(=O)NCC[C@]5(c6ccccc6)CCO[C@@H](C(C)C)C5)CC[C@@]4(C)[C@H]3CC[C@]21C. The Labute approximate surface area is 270 Å². The first kappa shape index (κ1) is 32.3. The van der Waals surface area contributed by atoms with Crippen LogP contribution in [0, 0.1) is 46.8 Å². The zero-order chi connectivity index (χ0) is 31.9. The predicted octanol–water partition coefficient (Wildman–Crippen LogP) is 6.97. The fourth-order valence-corrected chi connectivity index (χ4v) is 10.4.